The van der Waals surface area contributed by atoms with Gasteiger partial charge in [0.25, 0.3) is 5.92 Å². The van der Waals surface area contributed by atoms with Crippen LogP contribution in [0.15, 0.2) is 77.7 Å². The predicted octanol–water partition coefficient (Wildman–Crippen LogP) is 6.46. The molecule has 1 aromatic carbocycles. The second-order valence-corrected chi connectivity index (χ2v) is 8.80. The van der Waals surface area contributed by atoms with Crippen molar-refractivity contribution in [2.45, 2.75) is 58.0 Å². The van der Waals surface area contributed by atoms with Gasteiger partial charge in [0.2, 0.25) is 0 Å². The monoisotopic (exact) mass is 469 g/mol. The van der Waals surface area contributed by atoms with E-state index in [1.807, 2.05) is 19.1 Å². The summed E-state index contributed by atoms with van der Waals surface area (Å²) >= 11 is 0. The number of allylic oxidation sites excluding steroid dienone is 4. The molecule has 2 aromatic rings. The van der Waals surface area contributed by atoms with Crippen molar-refractivity contribution in [3.05, 3.63) is 100 Å². The molecule has 0 amide bonds. The van der Waals surface area contributed by atoms with E-state index in [9.17, 15) is 9.50 Å². The summed E-state index contributed by atoms with van der Waals surface area (Å²) < 4.78 is 49.8. The summed E-state index contributed by atoms with van der Waals surface area (Å²) in [6, 6.07) is 8.21. The minimum atomic E-state index is -3.42. The molecule has 0 aliphatic heterocycles. The predicted molar refractivity (Wildman–Crippen MR) is 128 cm³/mol. The topological polar surface area (TPSA) is 42.4 Å². The molecule has 180 valence electrons. The Morgan fingerprint density at radius 2 is 1.94 bits per heavy atom. The van der Waals surface area contributed by atoms with Gasteiger partial charge in [0, 0.05) is 18.5 Å². The molecule has 6 heteroatoms. The highest BCUT2D eigenvalue weighted by Crippen LogP contribution is 2.37. The molecule has 0 bridgehead atoms. The molecule has 34 heavy (non-hydrogen) atoms. The third kappa shape index (κ3) is 6.49. The number of hydrogen-bond acceptors (Lipinski definition) is 3. The smallest absolute Gasteiger partial charge is 0.281 e. The van der Waals surface area contributed by atoms with E-state index in [2.05, 4.69) is 10.7 Å². The highest BCUT2D eigenvalue weighted by molar-refractivity contribution is 5.33. The number of hydrogen-bond donors (Lipinski definition) is 1. The molecule has 1 N–H and O–H groups in total. The van der Waals surface area contributed by atoms with Crippen LogP contribution in [0.25, 0.3) is 0 Å². The lowest BCUT2D eigenvalue weighted by atomic mass is 9.85. The Hall–Kier alpha value is -3.08. The van der Waals surface area contributed by atoms with Gasteiger partial charge in [-0.25, -0.2) is 13.2 Å². The van der Waals surface area contributed by atoms with Crippen LogP contribution < -0.4 is 4.74 Å². The molecular weight excluding hydrogens is 439 g/mol. The van der Waals surface area contributed by atoms with Gasteiger partial charge in [-0.05, 0) is 67.7 Å². The van der Waals surface area contributed by atoms with E-state index in [0.29, 0.717) is 35.3 Å². The minimum Gasteiger partial charge on any atom is -0.492 e. The van der Waals surface area contributed by atoms with Gasteiger partial charge in [0.15, 0.2) is 0 Å². The van der Waals surface area contributed by atoms with E-state index in [1.165, 1.54) is 12.3 Å². The number of halogens is 3. The summed E-state index contributed by atoms with van der Waals surface area (Å²) in [5.41, 5.74) is 3.36. The van der Waals surface area contributed by atoms with E-state index >= 15 is 8.78 Å². The number of aromatic nitrogens is 1. The normalized spacial score (nSPS) is 18.2. The van der Waals surface area contributed by atoms with Crippen molar-refractivity contribution in [1.29, 1.82) is 0 Å². The molecule has 0 spiro atoms. The minimum absolute atomic E-state index is 0.139. The highest BCUT2D eigenvalue weighted by atomic mass is 19.3. The van der Waals surface area contributed by atoms with Gasteiger partial charge >= 0.3 is 0 Å². The van der Waals surface area contributed by atoms with Crippen LogP contribution in [0, 0.1) is 12.7 Å². The molecule has 0 saturated heterocycles. The Labute approximate surface area is 199 Å². The summed E-state index contributed by atoms with van der Waals surface area (Å²) in [7, 11) is 0. The average Bonchev–Trinajstić information content (AvgIpc) is 2.77. The zero-order valence-corrected chi connectivity index (χ0v) is 19.7. The first-order chi connectivity index (χ1) is 16.1. The number of benzene rings is 1. The maximum absolute atomic E-state index is 15.1. The molecule has 0 saturated carbocycles. The molecule has 1 aliphatic carbocycles. The lowest BCUT2D eigenvalue weighted by Crippen LogP contribution is -2.47. The summed E-state index contributed by atoms with van der Waals surface area (Å²) in [6.07, 6.45) is 8.85. The van der Waals surface area contributed by atoms with Crippen LogP contribution in [0.4, 0.5) is 13.2 Å². The molecule has 3 rings (SSSR count). The first kappa shape index (κ1) is 25.5. The maximum atomic E-state index is 15.1. The van der Waals surface area contributed by atoms with E-state index < -0.39 is 17.9 Å². The van der Waals surface area contributed by atoms with Crippen LogP contribution in [0.1, 0.15) is 43.5 Å². The van der Waals surface area contributed by atoms with E-state index in [0.717, 1.165) is 12.5 Å². The van der Waals surface area contributed by atoms with E-state index in [1.54, 1.807) is 43.3 Å². The first-order valence-corrected chi connectivity index (χ1v) is 11.3. The van der Waals surface area contributed by atoms with Crippen molar-refractivity contribution in [3.63, 3.8) is 0 Å². The molecule has 1 unspecified atom stereocenters. The summed E-state index contributed by atoms with van der Waals surface area (Å²) in [6.45, 7) is 4.91. The summed E-state index contributed by atoms with van der Waals surface area (Å²) in [4.78, 5) is 4.08. The third-order valence-electron chi connectivity index (χ3n) is 5.95. The zero-order valence-electron chi connectivity index (χ0n) is 19.7. The van der Waals surface area contributed by atoms with Crippen molar-refractivity contribution in [2.75, 3.05) is 6.61 Å². The molecule has 1 aromatic heterocycles. The molecule has 0 fully saturated rings. The Bertz CT molecular complexity index is 1120. The average molecular weight is 470 g/mol. The Balaban J connectivity index is 1.61. The number of aryl methyl sites for hydroxylation is 1. The third-order valence-corrected chi connectivity index (χ3v) is 5.95. The number of aliphatic hydroxyl groups is 1. The Kier molecular flexibility index (Phi) is 8.19. The van der Waals surface area contributed by atoms with Crippen LogP contribution in [0.5, 0.6) is 5.75 Å². The van der Waals surface area contributed by atoms with Gasteiger partial charge in [0.1, 0.15) is 17.2 Å². The molecule has 1 heterocycles. The molecule has 1 aliphatic rings. The van der Waals surface area contributed by atoms with E-state index in [4.69, 9.17) is 4.74 Å². The number of nitrogens with zero attached hydrogens (tertiary/aromatic N) is 1. The lowest BCUT2D eigenvalue weighted by molar-refractivity contribution is -0.169. The highest BCUT2D eigenvalue weighted by Gasteiger charge is 2.49. The van der Waals surface area contributed by atoms with Crippen LogP contribution in [0.3, 0.4) is 0 Å². The first-order valence-electron chi connectivity index (χ1n) is 11.3. The molecule has 0 radical (unpaired) electrons. The molecule has 1 atom stereocenters. The Morgan fingerprint density at radius 3 is 2.68 bits per heavy atom. The van der Waals surface area contributed by atoms with E-state index in [-0.39, 0.29) is 24.5 Å². The van der Waals surface area contributed by atoms with Crippen molar-refractivity contribution >= 4 is 0 Å². The SMILES string of the molecule is C/C1=C/C/C=C\C=C=C1CC(C)(O)C(F)(F)Cc1ccc(OCCc2cccc(C)c2F)cn1. The van der Waals surface area contributed by atoms with Gasteiger partial charge in [-0.3, -0.25) is 4.98 Å². The molecule has 3 nitrogen and oxygen atoms in total. The standard InChI is InChI=1S/C28H30F3NO2/c1-20-9-6-4-5-7-11-23(20)17-27(3,33)28(30,31)18-24-13-14-25(19-32-24)34-16-15-22-12-8-10-21(2)26(22)29/h4-5,7-10,12-14,19,33H,6,15-18H2,1-3H3/b5-4-,20-9-. The van der Waals surface area contributed by atoms with Crippen LogP contribution >= 0.6 is 0 Å². The van der Waals surface area contributed by atoms with Gasteiger partial charge in [-0.15, -0.1) is 5.73 Å². The fourth-order valence-corrected chi connectivity index (χ4v) is 3.64. The fourth-order valence-electron chi connectivity index (χ4n) is 3.64. The van der Waals surface area contributed by atoms with Gasteiger partial charge in [-0.2, -0.15) is 0 Å². The zero-order chi connectivity index (χ0) is 24.8. The fraction of sp³-hybridized carbons (Fsp3) is 0.357. The van der Waals surface area contributed by atoms with Gasteiger partial charge in [-0.1, -0.05) is 36.4 Å². The number of ether oxygens (including phenoxy) is 1. The second-order valence-electron chi connectivity index (χ2n) is 8.80. The van der Waals surface area contributed by atoms with Gasteiger partial charge < -0.3 is 9.84 Å². The van der Waals surface area contributed by atoms with Crippen molar-refractivity contribution < 1.29 is 23.0 Å². The summed E-state index contributed by atoms with van der Waals surface area (Å²) in [5, 5.41) is 10.7. The summed E-state index contributed by atoms with van der Waals surface area (Å²) in [5.74, 6) is -3.26. The van der Waals surface area contributed by atoms with Crippen LogP contribution in [-0.2, 0) is 12.8 Å². The maximum Gasteiger partial charge on any atom is 0.281 e. The van der Waals surface area contributed by atoms with Crippen molar-refractivity contribution in [3.8, 4) is 5.75 Å². The molecular formula is C28H30F3NO2. The van der Waals surface area contributed by atoms with Crippen molar-refractivity contribution in [1.82, 2.24) is 4.98 Å². The number of alkyl halides is 2. The van der Waals surface area contributed by atoms with Crippen LogP contribution in [0.2, 0.25) is 0 Å². The van der Waals surface area contributed by atoms with Gasteiger partial charge in [0.05, 0.1) is 19.2 Å². The second kappa shape index (κ2) is 10.9. The van der Waals surface area contributed by atoms with Crippen LogP contribution in [-0.4, -0.2) is 28.2 Å². The largest absolute Gasteiger partial charge is 0.492 e. The number of rotatable bonds is 9. The van der Waals surface area contributed by atoms with Crippen molar-refractivity contribution in [2.24, 2.45) is 0 Å². The lowest BCUT2D eigenvalue weighted by Gasteiger charge is -2.33. The Morgan fingerprint density at radius 1 is 1.15 bits per heavy atom. The quantitative estimate of drug-likeness (QED) is 0.429. The number of pyridine rings is 1.